The van der Waals surface area contributed by atoms with Gasteiger partial charge in [0, 0.05) is 44.9 Å². The first kappa shape index (κ1) is 44.2. The zero-order valence-electron chi connectivity index (χ0n) is 33.5. The fraction of sp³-hybridized carbons (Fsp3) is 0.675. The standard InChI is InChI=1S/C40H64N6O6S/c1-11-26(4)34(45(8)33(25(2)3)37(49)44-39(50)40(6,7)24-41)31(51-9)23-32(47)46-20-15-18-30(46)35(52-10)27(5)36(48)43-29(38-42-19-21-53-38)22-28-16-13-12-14-17-28/h12-14,16-17,19,21,25-27,29-31,33-35H,11,15,18,20,22-24,41H2,1-10H3,(H,43,48)(H,44,49,50)/t26-,27-,29-,30?,31+,33-,34-,35+/m0/s1. The van der Waals surface area contributed by atoms with Crippen molar-refractivity contribution in [1.29, 1.82) is 0 Å². The highest BCUT2D eigenvalue weighted by molar-refractivity contribution is 7.09. The molecule has 0 spiro atoms. The predicted octanol–water partition coefficient (Wildman–Crippen LogP) is 4.59. The van der Waals surface area contributed by atoms with Crippen LogP contribution in [0.5, 0.6) is 0 Å². The van der Waals surface area contributed by atoms with Crippen LogP contribution in [0.2, 0.25) is 0 Å². The lowest BCUT2D eigenvalue weighted by Gasteiger charge is -2.43. The summed E-state index contributed by atoms with van der Waals surface area (Å²) in [6, 6.07) is 8.42. The van der Waals surface area contributed by atoms with Crippen LogP contribution in [0.3, 0.4) is 0 Å². The van der Waals surface area contributed by atoms with Crippen molar-refractivity contribution in [3.05, 3.63) is 52.5 Å². The zero-order chi connectivity index (χ0) is 39.5. The molecule has 4 N–H and O–H groups in total. The number of benzene rings is 1. The molecule has 13 heteroatoms. The molecule has 8 atom stereocenters. The Morgan fingerprint density at radius 1 is 1.08 bits per heavy atom. The Bertz CT molecular complexity index is 1460. The summed E-state index contributed by atoms with van der Waals surface area (Å²) in [5, 5.41) is 8.56. The summed E-state index contributed by atoms with van der Waals surface area (Å²) >= 11 is 1.51. The summed E-state index contributed by atoms with van der Waals surface area (Å²) in [7, 11) is 5.06. The summed E-state index contributed by atoms with van der Waals surface area (Å²) < 4.78 is 12.1. The molecular weight excluding hydrogens is 693 g/mol. The van der Waals surface area contributed by atoms with Crippen molar-refractivity contribution in [2.45, 2.75) is 117 Å². The summed E-state index contributed by atoms with van der Waals surface area (Å²) in [6.45, 7) is 14.0. The molecule has 0 saturated carbocycles. The van der Waals surface area contributed by atoms with Gasteiger partial charge in [-0.2, -0.15) is 0 Å². The van der Waals surface area contributed by atoms with E-state index in [1.54, 1.807) is 34.3 Å². The molecule has 2 heterocycles. The minimum absolute atomic E-state index is 0.0504. The maximum Gasteiger partial charge on any atom is 0.244 e. The molecule has 1 unspecified atom stereocenters. The van der Waals surface area contributed by atoms with E-state index in [1.807, 2.05) is 73.3 Å². The number of carbonyl (C=O) groups is 4. The average molecular weight is 757 g/mol. The maximum atomic E-state index is 14.3. The molecular formula is C40H64N6O6S. The van der Waals surface area contributed by atoms with Crippen LogP contribution in [0.15, 0.2) is 41.9 Å². The van der Waals surface area contributed by atoms with Crippen LogP contribution < -0.4 is 16.4 Å². The van der Waals surface area contributed by atoms with Gasteiger partial charge in [0.2, 0.25) is 23.6 Å². The highest BCUT2D eigenvalue weighted by Gasteiger charge is 2.44. The van der Waals surface area contributed by atoms with E-state index in [2.05, 4.69) is 29.5 Å². The molecule has 1 fully saturated rings. The molecule has 1 aromatic carbocycles. The summed E-state index contributed by atoms with van der Waals surface area (Å²) in [4.78, 5) is 63.1. The third kappa shape index (κ3) is 11.4. The second kappa shape index (κ2) is 20.5. The van der Waals surface area contributed by atoms with Crippen LogP contribution in [0.1, 0.15) is 90.8 Å². The van der Waals surface area contributed by atoms with E-state index >= 15 is 0 Å². The number of nitrogens with zero attached hydrogens (tertiary/aromatic N) is 3. The van der Waals surface area contributed by atoms with Crippen molar-refractivity contribution in [3.8, 4) is 0 Å². The van der Waals surface area contributed by atoms with Crippen molar-refractivity contribution in [1.82, 2.24) is 25.4 Å². The highest BCUT2D eigenvalue weighted by atomic mass is 32.1. The molecule has 4 amide bonds. The number of imide groups is 1. The number of hydrogen-bond acceptors (Lipinski definition) is 10. The van der Waals surface area contributed by atoms with Crippen LogP contribution in [-0.4, -0.2) is 103 Å². The molecule has 1 saturated heterocycles. The van der Waals surface area contributed by atoms with Gasteiger partial charge in [0.15, 0.2) is 0 Å². The number of hydrogen-bond donors (Lipinski definition) is 3. The van der Waals surface area contributed by atoms with Gasteiger partial charge >= 0.3 is 0 Å². The Morgan fingerprint density at radius 3 is 2.30 bits per heavy atom. The van der Waals surface area contributed by atoms with Gasteiger partial charge in [0.05, 0.1) is 48.1 Å². The fourth-order valence-electron chi connectivity index (χ4n) is 7.54. The zero-order valence-corrected chi connectivity index (χ0v) is 34.3. The van der Waals surface area contributed by atoms with E-state index < -0.39 is 41.4 Å². The SMILES string of the molecule is CC[C@H](C)[C@@H]([C@@H](CC(=O)N1CCCC1[C@H](OC)[C@H](C)C(=O)N[C@@H](Cc1ccccc1)c1nccs1)OC)N(C)[C@H](C(=O)NC(=O)C(C)(C)CN)C(C)C. The molecule has 0 aliphatic carbocycles. The van der Waals surface area contributed by atoms with Crippen LogP contribution in [0.4, 0.5) is 0 Å². The van der Waals surface area contributed by atoms with Gasteiger partial charge in [0.25, 0.3) is 0 Å². The topological polar surface area (TPSA) is 156 Å². The Morgan fingerprint density at radius 2 is 1.75 bits per heavy atom. The number of nitrogens with two attached hydrogens (primary N) is 1. The normalized spacial score (nSPS) is 19.0. The lowest BCUT2D eigenvalue weighted by atomic mass is 9.87. The van der Waals surface area contributed by atoms with E-state index in [1.165, 1.54) is 11.3 Å². The minimum atomic E-state index is -0.900. The van der Waals surface area contributed by atoms with Gasteiger partial charge in [-0.3, -0.25) is 29.4 Å². The Balaban J connectivity index is 1.79. The van der Waals surface area contributed by atoms with E-state index in [0.717, 1.165) is 23.4 Å². The number of ether oxygens (including phenoxy) is 2. The van der Waals surface area contributed by atoms with Gasteiger partial charge in [-0.05, 0) is 57.6 Å². The number of likely N-dealkylation sites (N-methyl/N-ethyl adjacent to an activating group) is 1. The number of carbonyl (C=O) groups excluding carboxylic acids is 4. The Kier molecular flexibility index (Phi) is 17.0. The fourth-order valence-corrected chi connectivity index (χ4v) is 8.23. The number of amides is 4. The number of methoxy groups -OCH3 is 2. The second-order valence-corrected chi connectivity index (χ2v) is 16.4. The van der Waals surface area contributed by atoms with Crippen molar-refractivity contribution >= 4 is 35.0 Å². The number of likely N-dealkylation sites (tertiary alicyclic amines) is 1. The number of thiazole rings is 1. The van der Waals surface area contributed by atoms with Gasteiger partial charge in [-0.25, -0.2) is 4.98 Å². The van der Waals surface area contributed by atoms with Gasteiger partial charge in [-0.1, -0.05) is 71.4 Å². The average Bonchev–Trinajstić information content (AvgIpc) is 3.85. The van der Waals surface area contributed by atoms with Gasteiger partial charge < -0.3 is 25.4 Å². The number of rotatable bonds is 20. The maximum absolute atomic E-state index is 14.3. The van der Waals surface area contributed by atoms with Crippen LogP contribution in [0, 0.1) is 23.2 Å². The van der Waals surface area contributed by atoms with E-state index in [-0.39, 0.29) is 54.7 Å². The molecule has 0 bridgehead atoms. The smallest absolute Gasteiger partial charge is 0.244 e. The van der Waals surface area contributed by atoms with Crippen LogP contribution in [-0.2, 0) is 35.1 Å². The highest BCUT2D eigenvalue weighted by Crippen LogP contribution is 2.31. The first-order chi connectivity index (χ1) is 25.1. The largest absolute Gasteiger partial charge is 0.379 e. The van der Waals surface area contributed by atoms with Crippen LogP contribution in [0.25, 0.3) is 0 Å². The summed E-state index contributed by atoms with van der Waals surface area (Å²) in [6.07, 6.45) is 3.62. The molecule has 3 rings (SSSR count). The second-order valence-electron chi connectivity index (χ2n) is 15.5. The first-order valence-corrected chi connectivity index (χ1v) is 19.9. The quantitative estimate of drug-likeness (QED) is 0.176. The summed E-state index contributed by atoms with van der Waals surface area (Å²) in [5.41, 5.74) is 6.00. The first-order valence-electron chi connectivity index (χ1n) is 19.0. The van der Waals surface area contributed by atoms with Gasteiger partial charge in [-0.15, -0.1) is 11.3 Å². The van der Waals surface area contributed by atoms with Crippen molar-refractivity contribution < 1.29 is 28.7 Å². The minimum Gasteiger partial charge on any atom is -0.379 e. The van der Waals surface area contributed by atoms with Crippen molar-refractivity contribution in [3.63, 3.8) is 0 Å². The lowest BCUT2D eigenvalue weighted by molar-refractivity contribution is -0.144. The molecule has 1 aliphatic rings. The molecule has 53 heavy (non-hydrogen) atoms. The molecule has 296 valence electrons. The molecule has 1 aromatic heterocycles. The predicted molar refractivity (Wildman–Crippen MR) is 209 cm³/mol. The van der Waals surface area contributed by atoms with Gasteiger partial charge in [0.1, 0.15) is 5.01 Å². The monoisotopic (exact) mass is 756 g/mol. The Hall–Kier alpha value is -3.23. The lowest BCUT2D eigenvalue weighted by Crippen LogP contribution is -2.59. The van der Waals surface area contributed by atoms with E-state index in [4.69, 9.17) is 15.2 Å². The third-order valence-electron chi connectivity index (χ3n) is 11.0. The number of aromatic nitrogens is 1. The van der Waals surface area contributed by atoms with Crippen molar-refractivity contribution in [2.75, 3.05) is 34.4 Å². The van der Waals surface area contributed by atoms with E-state index in [0.29, 0.717) is 19.4 Å². The van der Waals surface area contributed by atoms with E-state index in [9.17, 15) is 19.2 Å². The van der Waals surface area contributed by atoms with Crippen molar-refractivity contribution in [2.24, 2.45) is 28.9 Å². The van der Waals surface area contributed by atoms with Crippen LogP contribution >= 0.6 is 11.3 Å². The molecule has 12 nitrogen and oxygen atoms in total. The Labute approximate surface area is 320 Å². The molecule has 0 radical (unpaired) electrons. The molecule has 1 aliphatic heterocycles. The molecule has 2 aromatic rings. The summed E-state index contributed by atoms with van der Waals surface area (Å²) in [5.74, 6) is -1.72. The third-order valence-corrected chi connectivity index (χ3v) is 11.9. The number of nitrogens with one attached hydrogen (secondary N) is 2.